The fourth-order valence-electron chi connectivity index (χ4n) is 1.80. The lowest BCUT2D eigenvalue weighted by molar-refractivity contribution is 1.37. The molecule has 1 aromatic rings. The standard InChI is InChI=1S/C17H20/c1-6-13(3)15(5)17(14(4)7-2)16-11-9-8-10-12-16/h6-12H,1,3H2,2,4-5H3/b14-7-,17-15+. The SMILES string of the molecule is C=CC(=C)/C(C)=C(\C(C)=C/C)c1ccccc1. The number of benzene rings is 1. The van der Waals surface area contributed by atoms with Crippen molar-refractivity contribution in [2.24, 2.45) is 0 Å². The molecule has 88 valence electrons. The zero-order valence-electron chi connectivity index (χ0n) is 11.0. The zero-order valence-corrected chi connectivity index (χ0v) is 11.0. The molecule has 0 aromatic heterocycles. The van der Waals surface area contributed by atoms with Crippen molar-refractivity contribution in [3.63, 3.8) is 0 Å². The maximum atomic E-state index is 4.03. The molecule has 0 amide bonds. The maximum absolute atomic E-state index is 4.03. The summed E-state index contributed by atoms with van der Waals surface area (Å²) in [7, 11) is 0. The summed E-state index contributed by atoms with van der Waals surface area (Å²) >= 11 is 0. The third-order valence-corrected chi connectivity index (χ3v) is 2.99. The molecule has 0 atom stereocenters. The molecule has 0 aliphatic carbocycles. The summed E-state index contributed by atoms with van der Waals surface area (Å²) in [5, 5.41) is 0. The van der Waals surface area contributed by atoms with Crippen LogP contribution in [0.2, 0.25) is 0 Å². The van der Waals surface area contributed by atoms with Crippen molar-refractivity contribution in [2.45, 2.75) is 20.8 Å². The van der Waals surface area contributed by atoms with E-state index < -0.39 is 0 Å². The van der Waals surface area contributed by atoms with E-state index in [2.05, 4.69) is 64.3 Å². The summed E-state index contributed by atoms with van der Waals surface area (Å²) in [6.07, 6.45) is 3.93. The maximum Gasteiger partial charge on any atom is -0.0123 e. The molecule has 0 unspecified atom stereocenters. The van der Waals surface area contributed by atoms with Gasteiger partial charge in [0.1, 0.15) is 0 Å². The first-order valence-corrected chi connectivity index (χ1v) is 5.83. The molecule has 1 rings (SSSR count). The predicted molar refractivity (Wildman–Crippen MR) is 77.8 cm³/mol. The Morgan fingerprint density at radius 1 is 1.12 bits per heavy atom. The van der Waals surface area contributed by atoms with Crippen molar-refractivity contribution in [2.75, 3.05) is 0 Å². The van der Waals surface area contributed by atoms with Gasteiger partial charge in [0.05, 0.1) is 0 Å². The first-order valence-electron chi connectivity index (χ1n) is 5.83. The lowest BCUT2D eigenvalue weighted by Crippen LogP contribution is -1.92. The van der Waals surface area contributed by atoms with E-state index in [1.807, 2.05) is 6.07 Å². The summed E-state index contributed by atoms with van der Waals surface area (Å²) in [6, 6.07) is 10.4. The van der Waals surface area contributed by atoms with E-state index in [0.29, 0.717) is 0 Å². The second-order valence-electron chi connectivity index (χ2n) is 4.07. The minimum atomic E-state index is 0.977. The lowest BCUT2D eigenvalue weighted by atomic mass is 9.91. The van der Waals surface area contributed by atoms with Crippen LogP contribution >= 0.6 is 0 Å². The molecule has 0 aliphatic rings. The van der Waals surface area contributed by atoms with Crippen LogP contribution in [0.5, 0.6) is 0 Å². The fourth-order valence-corrected chi connectivity index (χ4v) is 1.80. The van der Waals surface area contributed by atoms with Crippen LogP contribution < -0.4 is 0 Å². The van der Waals surface area contributed by atoms with Crippen LogP contribution in [0.15, 0.2) is 72.4 Å². The van der Waals surface area contributed by atoms with Gasteiger partial charge in [0, 0.05) is 0 Å². The van der Waals surface area contributed by atoms with Crippen molar-refractivity contribution < 1.29 is 0 Å². The van der Waals surface area contributed by atoms with Gasteiger partial charge in [-0.2, -0.15) is 0 Å². The third-order valence-electron chi connectivity index (χ3n) is 2.99. The molecule has 0 nitrogen and oxygen atoms in total. The average molecular weight is 224 g/mol. The van der Waals surface area contributed by atoms with Gasteiger partial charge in [-0.1, -0.05) is 55.6 Å². The van der Waals surface area contributed by atoms with Gasteiger partial charge in [0.15, 0.2) is 0 Å². The Morgan fingerprint density at radius 2 is 1.71 bits per heavy atom. The van der Waals surface area contributed by atoms with Crippen LogP contribution in [-0.2, 0) is 0 Å². The first kappa shape index (κ1) is 13.2. The van der Waals surface area contributed by atoms with Gasteiger partial charge in [-0.3, -0.25) is 0 Å². The summed E-state index contributed by atoms with van der Waals surface area (Å²) in [5.74, 6) is 0. The lowest BCUT2D eigenvalue weighted by Gasteiger charge is -2.14. The molecule has 0 bridgehead atoms. The van der Waals surface area contributed by atoms with Crippen LogP contribution in [0.4, 0.5) is 0 Å². The van der Waals surface area contributed by atoms with Crippen LogP contribution in [0.3, 0.4) is 0 Å². The highest BCUT2D eigenvalue weighted by Crippen LogP contribution is 2.29. The van der Waals surface area contributed by atoms with Crippen LogP contribution in [0.25, 0.3) is 5.57 Å². The Labute approximate surface area is 105 Å². The molecule has 0 spiro atoms. The monoisotopic (exact) mass is 224 g/mol. The van der Waals surface area contributed by atoms with Crippen molar-refractivity contribution in [1.82, 2.24) is 0 Å². The third kappa shape index (κ3) is 3.07. The molecule has 0 saturated carbocycles. The number of allylic oxidation sites excluding steroid dienone is 6. The number of rotatable bonds is 4. The molecule has 17 heavy (non-hydrogen) atoms. The average Bonchev–Trinajstić information content (AvgIpc) is 2.38. The summed E-state index contributed by atoms with van der Waals surface area (Å²) in [6.45, 7) is 14.1. The zero-order chi connectivity index (χ0) is 12.8. The van der Waals surface area contributed by atoms with Gasteiger partial charge < -0.3 is 0 Å². The smallest absolute Gasteiger partial charge is 0.0123 e. The normalized spacial score (nSPS) is 13.0. The van der Waals surface area contributed by atoms with Crippen LogP contribution in [-0.4, -0.2) is 0 Å². The molecule has 0 radical (unpaired) electrons. The van der Waals surface area contributed by atoms with E-state index in [1.54, 1.807) is 6.08 Å². The Kier molecular flexibility index (Phi) is 4.71. The van der Waals surface area contributed by atoms with Crippen molar-refractivity contribution in [1.29, 1.82) is 0 Å². The molecular formula is C17H20. The van der Waals surface area contributed by atoms with Gasteiger partial charge in [-0.05, 0) is 48.6 Å². The van der Waals surface area contributed by atoms with Gasteiger partial charge in [0.2, 0.25) is 0 Å². The molecule has 0 heteroatoms. The van der Waals surface area contributed by atoms with Crippen molar-refractivity contribution >= 4 is 5.57 Å². The largest absolute Gasteiger partial charge is 0.0985 e. The topological polar surface area (TPSA) is 0 Å². The Morgan fingerprint density at radius 3 is 2.18 bits per heavy atom. The second kappa shape index (κ2) is 6.05. The minimum Gasteiger partial charge on any atom is -0.0985 e. The van der Waals surface area contributed by atoms with E-state index in [-0.39, 0.29) is 0 Å². The molecular weight excluding hydrogens is 204 g/mol. The van der Waals surface area contributed by atoms with E-state index in [9.17, 15) is 0 Å². The van der Waals surface area contributed by atoms with E-state index in [1.165, 1.54) is 22.3 Å². The van der Waals surface area contributed by atoms with Gasteiger partial charge in [-0.25, -0.2) is 0 Å². The van der Waals surface area contributed by atoms with Gasteiger partial charge in [-0.15, -0.1) is 0 Å². The van der Waals surface area contributed by atoms with Crippen molar-refractivity contribution in [3.8, 4) is 0 Å². The Bertz CT molecular complexity index is 470. The summed E-state index contributed by atoms with van der Waals surface area (Å²) < 4.78 is 0. The highest BCUT2D eigenvalue weighted by atomic mass is 14.1. The van der Waals surface area contributed by atoms with Gasteiger partial charge in [0.25, 0.3) is 0 Å². The number of hydrogen-bond donors (Lipinski definition) is 0. The van der Waals surface area contributed by atoms with Gasteiger partial charge >= 0.3 is 0 Å². The number of hydrogen-bond acceptors (Lipinski definition) is 0. The molecule has 0 saturated heterocycles. The fraction of sp³-hybridized carbons (Fsp3) is 0.176. The summed E-state index contributed by atoms with van der Waals surface area (Å²) in [5.41, 5.74) is 5.89. The quantitative estimate of drug-likeness (QED) is 0.619. The summed E-state index contributed by atoms with van der Waals surface area (Å²) in [4.78, 5) is 0. The van der Waals surface area contributed by atoms with E-state index >= 15 is 0 Å². The molecule has 0 aliphatic heterocycles. The minimum absolute atomic E-state index is 0.977. The highest BCUT2D eigenvalue weighted by Gasteiger charge is 2.08. The second-order valence-corrected chi connectivity index (χ2v) is 4.07. The Balaban J connectivity index is 3.43. The van der Waals surface area contributed by atoms with Crippen molar-refractivity contribution in [3.05, 3.63) is 77.9 Å². The molecule has 0 heterocycles. The molecule has 0 N–H and O–H groups in total. The predicted octanol–water partition coefficient (Wildman–Crippen LogP) is 5.17. The van der Waals surface area contributed by atoms with Crippen LogP contribution in [0.1, 0.15) is 26.3 Å². The first-order chi connectivity index (χ1) is 8.11. The molecule has 1 aromatic carbocycles. The van der Waals surface area contributed by atoms with E-state index in [0.717, 1.165) is 5.57 Å². The highest BCUT2D eigenvalue weighted by molar-refractivity contribution is 5.83. The van der Waals surface area contributed by atoms with Crippen LogP contribution in [0, 0.1) is 0 Å². The van der Waals surface area contributed by atoms with E-state index in [4.69, 9.17) is 0 Å². The Hall–Kier alpha value is -1.82. The molecule has 0 fully saturated rings.